The zero-order valence-corrected chi connectivity index (χ0v) is 16.7. The van der Waals surface area contributed by atoms with Gasteiger partial charge in [0.15, 0.2) is 0 Å². The Morgan fingerprint density at radius 2 is 2.07 bits per heavy atom. The third kappa shape index (κ3) is 3.75. The second-order valence-corrected chi connectivity index (χ2v) is 7.34. The fraction of sp³-hybridized carbons (Fsp3) is 0.381. The first-order valence-electron chi connectivity index (χ1n) is 9.13. The van der Waals surface area contributed by atoms with Gasteiger partial charge in [-0.2, -0.15) is 0 Å². The van der Waals surface area contributed by atoms with Crippen molar-refractivity contribution in [1.82, 2.24) is 4.90 Å². The number of hydrogen-bond donors (Lipinski definition) is 2. The second-order valence-electron chi connectivity index (χ2n) is 6.93. The number of nitrogens with one attached hydrogen (secondary N) is 1. The van der Waals surface area contributed by atoms with Gasteiger partial charge < -0.3 is 15.8 Å². The van der Waals surface area contributed by atoms with E-state index in [2.05, 4.69) is 41.4 Å². The minimum atomic E-state index is -0.538. The molecule has 1 aliphatic heterocycles. The molecule has 3 N–H and O–H groups in total. The number of rotatable bonds is 6. The molecule has 27 heavy (non-hydrogen) atoms. The lowest BCUT2D eigenvalue weighted by Crippen LogP contribution is -2.29. The lowest BCUT2D eigenvalue weighted by molar-refractivity contribution is 0.0997. The fourth-order valence-electron chi connectivity index (χ4n) is 4.09. The highest BCUT2D eigenvalue weighted by atomic mass is 35.5. The molecule has 2 atom stereocenters. The lowest BCUT2D eigenvalue weighted by atomic mass is 9.88. The van der Waals surface area contributed by atoms with E-state index >= 15 is 0 Å². The number of amides is 1. The Bertz CT molecular complexity index is 826. The number of nitrogens with two attached hydrogens (primary N) is 1. The van der Waals surface area contributed by atoms with E-state index < -0.39 is 5.91 Å². The minimum Gasteiger partial charge on any atom is -0.496 e. The predicted octanol–water partition coefficient (Wildman–Crippen LogP) is 3.87. The van der Waals surface area contributed by atoms with Crippen LogP contribution in [0.1, 0.15) is 40.7 Å². The van der Waals surface area contributed by atoms with Gasteiger partial charge in [0.05, 0.1) is 23.4 Å². The molecule has 0 saturated carbocycles. The van der Waals surface area contributed by atoms with Crippen LogP contribution >= 0.6 is 11.6 Å². The zero-order valence-electron chi connectivity index (χ0n) is 16.0. The van der Waals surface area contributed by atoms with Gasteiger partial charge in [0.25, 0.3) is 5.91 Å². The molecule has 0 unspecified atom stereocenters. The molecular formula is C21H26ClN3O2. The molecule has 2 aromatic carbocycles. The third-order valence-electron chi connectivity index (χ3n) is 5.47. The average molecular weight is 388 g/mol. The van der Waals surface area contributed by atoms with Gasteiger partial charge in [-0.15, -0.1) is 0 Å². The van der Waals surface area contributed by atoms with E-state index in [4.69, 9.17) is 22.1 Å². The number of anilines is 1. The number of primary amides is 1. The van der Waals surface area contributed by atoms with Crippen molar-refractivity contribution in [2.24, 2.45) is 5.73 Å². The summed E-state index contributed by atoms with van der Waals surface area (Å²) in [5.74, 6) is 0.169. The molecular weight excluding hydrogens is 362 g/mol. The SMILES string of the molecule is CNc1c(Cl)cc(C(N)=O)c(OC)c1[C@H]1CCN(Cc2ccccc2)[C@@H]1C. The third-order valence-corrected chi connectivity index (χ3v) is 5.77. The van der Waals surface area contributed by atoms with Gasteiger partial charge in [-0.05, 0) is 31.5 Å². The lowest BCUT2D eigenvalue weighted by Gasteiger charge is -2.28. The van der Waals surface area contributed by atoms with Crippen LogP contribution in [-0.4, -0.2) is 37.6 Å². The van der Waals surface area contributed by atoms with Crippen molar-refractivity contribution in [2.75, 3.05) is 26.0 Å². The number of halogens is 1. The quantitative estimate of drug-likeness (QED) is 0.789. The summed E-state index contributed by atoms with van der Waals surface area (Å²) < 4.78 is 5.63. The fourth-order valence-corrected chi connectivity index (χ4v) is 4.40. The summed E-state index contributed by atoms with van der Waals surface area (Å²) in [6, 6.07) is 12.3. The number of hydrogen-bond acceptors (Lipinski definition) is 4. The van der Waals surface area contributed by atoms with Crippen molar-refractivity contribution in [2.45, 2.75) is 31.8 Å². The number of nitrogens with zero attached hydrogens (tertiary/aromatic N) is 1. The van der Waals surface area contributed by atoms with Crippen LogP contribution in [0.3, 0.4) is 0 Å². The Kier molecular flexibility index (Phi) is 5.92. The van der Waals surface area contributed by atoms with Crippen molar-refractivity contribution in [3.63, 3.8) is 0 Å². The van der Waals surface area contributed by atoms with Crippen LogP contribution in [0, 0.1) is 0 Å². The molecule has 0 spiro atoms. The Morgan fingerprint density at radius 1 is 1.37 bits per heavy atom. The Morgan fingerprint density at radius 3 is 2.67 bits per heavy atom. The molecule has 1 heterocycles. The van der Waals surface area contributed by atoms with Crippen molar-refractivity contribution < 1.29 is 9.53 Å². The summed E-state index contributed by atoms with van der Waals surface area (Å²) in [4.78, 5) is 14.4. The number of ether oxygens (including phenoxy) is 1. The molecule has 0 aliphatic carbocycles. The molecule has 1 saturated heterocycles. The topological polar surface area (TPSA) is 67.6 Å². The molecule has 1 amide bonds. The summed E-state index contributed by atoms with van der Waals surface area (Å²) in [6.07, 6.45) is 0.956. The van der Waals surface area contributed by atoms with Crippen LogP contribution in [0.5, 0.6) is 5.75 Å². The van der Waals surface area contributed by atoms with Crippen LogP contribution < -0.4 is 15.8 Å². The first-order valence-corrected chi connectivity index (χ1v) is 9.51. The maximum atomic E-state index is 11.9. The number of likely N-dealkylation sites (tertiary alicyclic amines) is 1. The average Bonchev–Trinajstić information content (AvgIpc) is 3.01. The summed E-state index contributed by atoms with van der Waals surface area (Å²) in [5.41, 5.74) is 8.92. The number of methoxy groups -OCH3 is 1. The van der Waals surface area contributed by atoms with E-state index in [9.17, 15) is 4.79 Å². The standard InChI is InChI=1S/C21H26ClN3O2/c1-13-15(9-10-25(13)12-14-7-5-4-6-8-14)18-19(24-2)17(22)11-16(21(23)26)20(18)27-3/h4-8,11,13,15,24H,9-10,12H2,1-3H3,(H2,23,26)/t13-,15+/m1/s1. The van der Waals surface area contributed by atoms with E-state index in [-0.39, 0.29) is 12.0 Å². The highest BCUT2D eigenvalue weighted by Gasteiger charge is 2.36. The zero-order chi connectivity index (χ0) is 19.6. The molecule has 0 aromatic heterocycles. The first-order chi connectivity index (χ1) is 13.0. The highest BCUT2D eigenvalue weighted by Crippen LogP contribution is 2.46. The van der Waals surface area contributed by atoms with Gasteiger partial charge in [0.2, 0.25) is 0 Å². The van der Waals surface area contributed by atoms with Crippen molar-refractivity contribution in [3.05, 3.63) is 58.1 Å². The number of carbonyl (C=O) groups is 1. The molecule has 5 nitrogen and oxygen atoms in total. The molecule has 3 rings (SSSR count). The van der Waals surface area contributed by atoms with E-state index in [0.29, 0.717) is 16.3 Å². The molecule has 1 fully saturated rings. The van der Waals surface area contributed by atoms with Crippen LogP contribution in [0.25, 0.3) is 0 Å². The second kappa shape index (κ2) is 8.19. The van der Waals surface area contributed by atoms with E-state index in [1.54, 1.807) is 13.2 Å². The minimum absolute atomic E-state index is 0.183. The summed E-state index contributed by atoms with van der Waals surface area (Å²) in [7, 11) is 3.40. The molecule has 1 aliphatic rings. The summed E-state index contributed by atoms with van der Waals surface area (Å²) in [5, 5.41) is 3.67. The van der Waals surface area contributed by atoms with E-state index in [0.717, 1.165) is 30.8 Å². The molecule has 0 bridgehead atoms. The molecule has 2 aromatic rings. The normalized spacial score (nSPS) is 19.9. The van der Waals surface area contributed by atoms with Crippen LogP contribution in [0.2, 0.25) is 5.02 Å². The van der Waals surface area contributed by atoms with Crippen molar-refractivity contribution in [3.8, 4) is 5.75 Å². The first kappa shape index (κ1) is 19.5. The Balaban J connectivity index is 1.99. The van der Waals surface area contributed by atoms with Gasteiger partial charge in [-0.1, -0.05) is 41.9 Å². The molecule has 6 heteroatoms. The number of carbonyl (C=O) groups excluding carboxylic acids is 1. The monoisotopic (exact) mass is 387 g/mol. The largest absolute Gasteiger partial charge is 0.496 e. The van der Waals surface area contributed by atoms with Gasteiger partial charge in [-0.3, -0.25) is 9.69 Å². The van der Waals surface area contributed by atoms with Gasteiger partial charge >= 0.3 is 0 Å². The molecule has 0 radical (unpaired) electrons. The Labute approximate surface area is 165 Å². The van der Waals surface area contributed by atoms with Gasteiger partial charge in [-0.25, -0.2) is 0 Å². The van der Waals surface area contributed by atoms with E-state index in [1.165, 1.54) is 5.56 Å². The van der Waals surface area contributed by atoms with Gasteiger partial charge in [0, 0.05) is 31.1 Å². The number of benzene rings is 2. The van der Waals surface area contributed by atoms with Crippen LogP contribution in [0.15, 0.2) is 36.4 Å². The smallest absolute Gasteiger partial charge is 0.252 e. The molecule has 144 valence electrons. The maximum Gasteiger partial charge on any atom is 0.252 e. The maximum absolute atomic E-state index is 11.9. The van der Waals surface area contributed by atoms with Crippen molar-refractivity contribution >= 4 is 23.2 Å². The van der Waals surface area contributed by atoms with Gasteiger partial charge in [0.1, 0.15) is 5.75 Å². The highest BCUT2D eigenvalue weighted by molar-refractivity contribution is 6.34. The summed E-state index contributed by atoms with van der Waals surface area (Å²) >= 11 is 6.46. The van der Waals surface area contributed by atoms with Crippen LogP contribution in [-0.2, 0) is 6.54 Å². The van der Waals surface area contributed by atoms with E-state index in [1.807, 2.05) is 13.1 Å². The summed E-state index contributed by atoms with van der Waals surface area (Å²) in [6.45, 7) is 4.06. The van der Waals surface area contributed by atoms with Crippen molar-refractivity contribution in [1.29, 1.82) is 0 Å². The Hall–Kier alpha value is -2.24. The predicted molar refractivity (Wildman–Crippen MR) is 110 cm³/mol. The van der Waals surface area contributed by atoms with Crippen LogP contribution in [0.4, 0.5) is 5.69 Å².